The second-order valence-electron chi connectivity index (χ2n) is 3.67. The number of rotatable bonds is 6. The van der Waals surface area contributed by atoms with Gasteiger partial charge in [-0.05, 0) is 29.1 Å². The summed E-state index contributed by atoms with van der Waals surface area (Å²) in [6.07, 6.45) is 5.83. The Morgan fingerprint density at radius 1 is 1.29 bits per heavy atom. The smallest absolute Gasteiger partial charge is 0.0964 e. The van der Waals surface area contributed by atoms with Gasteiger partial charge in [-0.25, -0.2) is 0 Å². The SMILES string of the molecule is CCNCc1cn(CCn2cc(I)cn2)nn1. The van der Waals surface area contributed by atoms with Crippen molar-refractivity contribution < 1.29 is 0 Å². The van der Waals surface area contributed by atoms with E-state index >= 15 is 0 Å². The van der Waals surface area contributed by atoms with Gasteiger partial charge in [-0.2, -0.15) is 5.10 Å². The van der Waals surface area contributed by atoms with E-state index in [0.717, 1.165) is 35.4 Å². The van der Waals surface area contributed by atoms with Crippen molar-refractivity contribution in [1.29, 1.82) is 0 Å². The quantitative estimate of drug-likeness (QED) is 0.790. The van der Waals surface area contributed by atoms with Crippen LogP contribution < -0.4 is 5.32 Å². The van der Waals surface area contributed by atoms with Crippen molar-refractivity contribution in [2.75, 3.05) is 6.54 Å². The third kappa shape index (κ3) is 3.77. The third-order valence-electron chi connectivity index (χ3n) is 2.30. The first-order chi connectivity index (χ1) is 8.28. The van der Waals surface area contributed by atoms with Crippen LogP contribution in [0.25, 0.3) is 0 Å². The van der Waals surface area contributed by atoms with Gasteiger partial charge in [0.1, 0.15) is 0 Å². The average Bonchev–Trinajstić information content (AvgIpc) is 2.93. The maximum absolute atomic E-state index is 4.22. The minimum Gasteiger partial charge on any atom is -0.311 e. The summed E-state index contributed by atoms with van der Waals surface area (Å²) in [6.45, 7) is 5.39. The third-order valence-corrected chi connectivity index (χ3v) is 2.86. The molecule has 0 unspecified atom stereocenters. The summed E-state index contributed by atoms with van der Waals surface area (Å²) in [6, 6.07) is 0. The van der Waals surface area contributed by atoms with E-state index in [1.165, 1.54) is 0 Å². The summed E-state index contributed by atoms with van der Waals surface area (Å²) in [5.41, 5.74) is 0.974. The van der Waals surface area contributed by atoms with E-state index in [-0.39, 0.29) is 0 Å². The van der Waals surface area contributed by atoms with E-state index in [0.29, 0.717) is 0 Å². The summed E-state index contributed by atoms with van der Waals surface area (Å²) in [5, 5.41) is 15.6. The molecule has 92 valence electrons. The highest BCUT2D eigenvalue weighted by molar-refractivity contribution is 14.1. The molecule has 0 saturated heterocycles. The zero-order valence-corrected chi connectivity index (χ0v) is 11.8. The maximum Gasteiger partial charge on any atom is 0.0964 e. The molecule has 17 heavy (non-hydrogen) atoms. The molecule has 0 aliphatic rings. The predicted octanol–water partition coefficient (Wildman–Crippen LogP) is 0.889. The number of aryl methyl sites for hydroxylation is 2. The highest BCUT2D eigenvalue weighted by atomic mass is 127. The first-order valence-corrected chi connectivity index (χ1v) is 6.63. The highest BCUT2D eigenvalue weighted by Gasteiger charge is 2.00. The number of aromatic nitrogens is 5. The van der Waals surface area contributed by atoms with Crippen LogP contribution in [0, 0.1) is 3.57 Å². The fourth-order valence-corrected chi connectivity index (χ4v) is 1.89. The molecule has 0 atom stereocenters. The van der Waals surface area contributed by atoms with E-state index < -0.39 is 0 Å². The van der Waals surface area contributed by atoms with Gasteiger partial charge in [0.15, 0.2) is 0 Å². The van der Waals surface area contributed by atoms with Gasteiger partial charge in [0, 0.05) is 18.9 Å². The first kappa shape index (κ1) is 12.5. The summed E-state index contributed by atoms with van der Waals surface area (Å²) < 4.78 is 4.91. The molecule has 2 aromatic heterocycles. The average molecular weight is 346 g/mol. The summed E-state index contributed by atoms with van der Waals surface area (Å²) in [4.78, 5) is 0. The van der Waals surface area contributed by atoms with Gasteiger partial charge in [0.05, 0.1) is 28.6 Å². The zero-order valence-electron chi connectivity index (χ0n) is 9.67. The van der Waals surface area contributed by atoms with Crippen LogP contribution in [0.2, 0.25) is 0 Å². The standard InChI is InChI=1S/C10H15IN6/c1-2-12-6-10-8-17(15-14-10)4-3-16-7-9(11)5-13-16/h5,7-8,12H,2-4,6H2,1H3. The van der Waals surface area contributed by atoms with Gasteiger partial charge in [-0.15, -0.1) is 5.10 Å². The molecule has 2 rings (SSSR count). The molecule has 0 amide bonds. The topological polar surface area (TPSA) is 60.6 Å². The number of hydrogen-bond acceptors (Lipinski definition) is 4. The van der Waals surface area contributed by atoms with Crippen LogP contribution in [0.15, 0.2) is 18.6 Å². The van der Waals surface area contributed by atoms with Crippen molar-refractivity contribution >= 4 is 22.6 Å². The molecule has 7 heteroatoms. The van der Waals surface area contributed by atoms with E-state index in [2.05, 4.69) is 50.2 Å². The molecule has 0 saturated carbocycles. The fourth-order valence-electron chi connectivity index (χ4n) is 1.45. The number of halogens is 1. The minimum absolute atomic E-state index is 0.774. The fraction of sp³-hybridized carbons (Fsp3) is 0.500. The van der Waals surface area contributed by atoms with E-state index in [4.69, 9.17) is 0 Å². The number of nitrogens with zero attached hydrogens (tertiary/aromatic N) is 5. The van der Waals surface area contributed by atoms with Crippen LogP contribution in [0.3, 0.4) is 0 Å². The lowest BCUT2D eigenvalue weighted by molar-refractivity contribution is 0.489. The molecule has 2 heterocycles. The van der Waals surface area contributed by atoms with Gasteiger partial charge in [0.25, 0.3) is 0 Å². The van der Waals surface area contributed by atoms with Crippen LogP contribution in [-0.2, 0) is 19.6 Å². The highest BCUT2D eigenvalue weighted by Crippen LogP contribution is 2.01. The Balaban J connectivity index is 1.84. The van der Waals surface area contributed by atoms with Gasteiger partial charge in [0.2, 0.25) is 0 Å². The number of nitrogens with one attached hydrogen (secondary N) is 1. The number of hydrogen-bond donors (Lipinski definition) is 1. The van der Waals surface area contributed by atoms with Crippen molar-refractivity contribution in [3.8, 4) is 0 Å². The van der Waals surface area contributed by atoms with Crippen molar-refractivity contribution in [3.05, 3.63) is 27.9 Å². The summed E-state index contributed by atoms with van der Waals surface area (Å²) in [5.74, 6) is 0. The Morgan fingerprint density at radius 3 is 2.82 bits per heavy atom. The molecular weight excluding hydrogens is 331 g/mol. The monoisotopic (exact) mass is 346 g/mol. The van der Waals surface area contributed by atoms with Crippen molar-refractivity contribution in [3.63, 3.8) is 0 Å². The molecule has 0 radical (unpaired) electrons. The molecule has 0 fully saturated rings. The Hall–Kier alpha value is -0.960. The van der Waals surface area contributed by atoms with Gasteiger partial charge < -0.3 is 5.32 Å². The largest absolute Gasteiger partial charge is 0.311 e. The molecule has 2 aromatic rings. The Bertz CT molecular complexity index is 463. The molecular formula is C10H15IN6. The normalized spacial score (nSPS) is 10.9. The van der Waals surface area contributed by atoms with Gasteiger partial charge in [-0.1, -0.05) is 12.1 Å². The molecule has 0 aromatic carbocycles. The molecule has 0 aliphatic heterocycles. The zero-order chi connectivity index (χ0) is 12.1. The molecule has 0 bridgehead atoms. The van der Waals surface area contributed by atoms with Crippen molar-refractivity contribution in [1.82, 2.24) is 30.1 Å². The van der Waals surface area contributed by atoms with Gasteiger partial charge >= 0.3 is 0 Å². The Labute approximate surface area is 114 Å². The van der Waals surface area contributed by atoms with Gasteiger partial charge in [-0.3, -0.25) is 9.36 Å². The van der Waals surface area contributed by atoms with E-state index in [1.807, 2.05) is 28.0 Å². The van der Waals surface area contributed by atoms with E-state index in [9.17, 15) is 0 Å². The van der Waals surface area contributed by atoms with Crippen LogP contribution in [-0.4, -0.2) is 31.3 Å². The van der Waals surface area contributed by atoms with Crippen LogP contribution in [0.5, 0.6) is 0 Å². The predicted molar refractivity (Wildman–Crippen MR) is 72.3 cm³/mol. The van der Waals surface area contributed by atoms with Crippen molar-refractivity contribution in [2.24, 2.45) is 0 Å². The second-order valence-corrected chi connectivity index (χ2v) is 4.92. The van der Waals surface area contributed by atoms with Crippen LogP contribution >= 0.6 is 22.6 Å². The van der Waals surface area contributed by atoms with E-state index in [1.54, 1.807) is 0 Å². The van der Waals surface area contributed by atoms with Crippen LogP contribution in [0.1, 0.15) is 12.6 Å². The van der Waals surface area contributed by atoms with Crippen molar-refractivity contribution in [2.45, 2.75) is 26.6 Å². The Kier molecular flexibility index (Phi) is 4.49. The Morgan fingerprint density at radius 2 is 2.12 bits per heavy atom. The second kappa shape index (κ2) is 6.10. The molecule has 0 spiro atoms. The molecule has 0 aliphatic carbocycles. The summed E-state index contributed by atoms with van der Waals surface area (Å²) in [7, 11) is 0. The first-order valence-electron chi connectivity index (χ1n) is 5.55. The lowest BCUT2D eigenvalue weighted by atomic mass is 10.4. The summed E-state index contributed by atoms with van der Waals surface area (Å²) >= 11 is 2.25. The lowest BCUT2D eigenvalue weighted by Gasteiger charge is -2.00. The maximum atomic E-state index is 4.22. The molecule has 6 nitrogen and oxygen atoms in total. The minimum atomic E-state index is 0.774. The molecule has 1 N–H and O–H groups in total. The lowest BCUT2D eigenvalue weighted by Crippen LogP contribution is -2.12. The van der Waals surface area contributed by atoms with Crippen LogP contribution in [0.4, 0.5) is 0 Å².